The number of anilines is 2. The lowest BCUT2D eigenvalue weighted by molar-refractivity contribution is -0.147. The van der Waals surface area contributed by atoms with Crippen LogP contribution in [0.1, 0.15) is 25.2 Å². The number of ketones is 1. The average Bonchev–Trinajstić information content (AvgIpc) is 3.18. The van der Waals surface area contributed by atoms with Gasteiger partial charge >= 0.3 is 0 Å². The number of nitrogens with one attached hydrogen (secondary N) is 1. The number of rotatable bonds is 5. The predicted octanol–water partition coefficient (Wildman–Crippen LogP) is 4.85. The molecule has 0 fully saturated rings. The smallest absolute Gasteiger partial charge is 0.290 e. The topological polar surface area (TPSA) is 67.2 Å². The van der Waals surface area contributed by atoms with Crippen LogP contribution >= 0.6 is 12.6 Å². The summed E-state index contributed by atoms with van der Waals surface area (Å²) >= 11 is 3.53. The maximum Gasteiger partial charge on any atom is 0.290 e. The molecule has 0 saturated heterocycles. The van der Waals surface area contributed by atoms with Crippen molar-refractivity contribution >= 4 is 35.8 Å². The van der Waals surface area contributed by atoms with Crippen LogP contribution in [0.2, 0.25) is 0 Å². The first-order valence-electron chi connectivity index (χ1n) is 10.8. The number of fused-ring (bicyclic) bond motifs is 1. The van der Waals surface area contributed by atoms with E-state index in [4.69, 9.17) is 4.98 Å². The maximum absolute atomic E-state index is 13.5. The number of carbonyl (C=O) groups excluding carboxylic acids is 2. The second-order valence-corrected chi connectivity index (χ2v) is 8.12. The van der Waals surface area contributed by atoms with Gasteiger partial charge in [0.25, 0.3) is 5.91 Å². The van der Waals surface area contributed by atoms with Crippen molar-refractivity contribution in [3.63, 3.8) is 0 Å². The number of halogens is 1. The normalized spacial score (nSPS) is 12.6. The predicted molar refractivity (Wildman–Crippen MR) is 132 cm³/mol. The fraction of sp³-hybridized carbons (Fsp3) is 0.320. The summed E-state index contributed by atoms with van der Waals surface area (Å²) in [6.07, 6.45) is 1.69. The number of hydrogen-bond acceptors (Lipinski definition) is 5. The Kier molecular flexibility index (Phi) is 7.92. The van der Waals surface area contributed by atoms with Gasteiger partial charge in [0.15, 0.2) is 0 Å². The van der Waals surface area contributed by atoms with Crippen LogP contribution in [-0.2, 0) is 22.7 Å². The Morgan fingerprint density at radius 2 is 1.67 bits per heavy atom. The molecule has 1 aliphatic rings. The highest BCUT2D eigenvalue weighted by atomic mass is 32.1. The first-order valence-corrected chi connectivity index (χ1v) is 11.7. The minimum Gasteiger partial charge on any atom is -0.340 e. The van der Waals surface area contributed by atoms with Crippen molar-refractivity contribution < 1.29 is 14.0 Å². The van der Waals surface area contributed by atoms with Gasteiger partial charge in [0, 0.05) is 30.3 Å². The van der Waals surface area contributed by atoms with Crippen molar-refractivity contribution in [1.82, 2.24) is 14.5 Å². The molecule has 8 heteroatoms. The SMILES string of the molecule is CS.Cc1ccc(Nc2c(-c3ccc(F)cc3)nc3n2CCN(C(=O)C(=O)C(C)C)C3)cc1. The molecule has 0 atom stereocenters. The van der Waals surface area contributed by atoms with Crippen LogP contribution in [-0.4, -0.2) is 38.9 Å². The Balaban J connectivity index is 0.00000149. The van der Waals surface area contributed by atoms with Crippen LogP contribution in [0.15, 0.2) is 48.5 Å². The van der Waals surface area contributed by atoms with E-state index < -0.39 is 11.7 Å². The molecule has 1 aliphatic heterocycles. The van der Waals surface area contributed by atoms with Crippen molar-refractivity contribution in [1.29, 1.82) is 0 Å². The molecule has 2 heterocycles. The summed E-state index contributed by atoms with van der Waals surface area (Å²) in [5.41, 5.74) is 3.52. The molecule has 4 rings (SSSR count). The number of aromatic nitrogens is 2. The zero-order valence-corrected chi connectivity index (χ0v) is 20.2. The van der Waals surface area contributed by atoms with E-state index in [-0.39, 0.29) is 18.3 Å². The van der Waals surface area contributed by atoms with Gasteiger partial charge in [-0.1, -0.05) is 31.5 Å². The molecule has 0 bridgehead atoms. The second-order valence-electron chi connectivity index (χ2n) is 8.12. The Morgan fingerprint density at radius 3 is 2.27 bits per heavy atom. The van der Waals surface area contributed by atoms with E-state index in [0.717, 1.165) is 22.6 Å². The lowest BCUT2D eigenvalue weighted by Gasteiger charge is -2.28. The zero-order valence-electron chi connectivity index (χ0n) is 19.3. The molecule has 0 aliphatic carbocycles. The Bertz CT molecular complexity index is 1120. The molecule has 1 N–H and O–H groups in total. The number of nitrogens with zero attached hydrogens (tertiary/aromatic N) is 3. The maximum atomic E-state index is 13.5. The van der Waals surface area contributed by atoms with Gasteiger partial charge in [0.05, 0.1) is 6.54 Å². The fourth-order valence-corrected chi connectivity index (χ4v) is 3.62. The largest absolute Gasteiger partial charge is 0.340 e. The summed E-state index contributed by atoms with van der Waals surface area (Å²) < 4.78 is 15.5. The average molecular weight is 469 g/mol. The van der Waals surface area contributed by atoms with Gasteiger partial charge < -0.3 is 14.8 Å². The lowest BCUT2D eigenvalue weighted by Crippen LogP contribution is -2.43. The molecule has 0 unspecified atom stereocenters. The first kappa shape index (κ1) is 24.5. The molecule has 0 saturated carbocycles. The third-order valence-electron chi connectivity index (χ3n) is 5.43. The number of benzene rings is 2. The summed E-state index contributed by atoms with van der Waals surface area (Å²) in [5.74, 6) is -0.0531. The van der Waals surface area contributed by atoms with Crippen LogP contribution in [0, 0.1) is 18.7 Å². The molecule has 0 radical (unpaired) electrons. The molecule has 6 nitrogen and oxygen atoms in total. The van der Waals surface area contributed by atoms with Crippen LogP contribution in [0.4, 0.5) is 15.9 Å². The van der Waals surface area contributed by atoms with Crippen LogP contribution < -0.4 is 5.32 Å². The highest BCUT2D eigenvalue weighted by molar-refractivity contribution is 7.79. The fourth-order valence-electron chi connectivity index (χ4n) is 3.62. The van der Waals surface area contributed by atoms with Crippen LogP contribution in [0.5, 0.6) is 0 Å². The summed E-state index contributed by atoms with van der Waals surface area (Å²) in [6.45, 7) is 6.66. The molecule has 1 aromatic heterocycles. The Hall–Kier alpha value is -3.13. The summed E-state index contributed by atoms with van der Waals surface area (Å²) in [5, 5.41) is 3.44. The molecular weight excluding hydrogens is 439 g/mol. The number of thiol groups is 1. The van der Waals surface area contributed by atoms with E-state index in [1.807, 2.05) is 35.8 Å². The minimum absolute atomic E-state index is 0.251. The third kappa shape index (κ3) is 5.45. The van der Waals surface area contributed by atoms with Gasteiger partial charge in [-0.2, -0.15) is 12.6 Å². The number of imidazole rings is 1. The third-order valence-corrected chi connectivity index (χ3v) is 5.43. The number of hydrogen-bond donors (Lipinski definition) is 2. The molecule has 0 spiro atoms. The highest BCUT2D eigenvalue weighted by Crippen LogP contribution is 2.33. The Morgan fingerprint density at radius 1 is 1.03 bits per heavy atom. The van der Waals surface area contributed by atoms with Crippen molar-refractivity contribution in [2.75, 3.05) is 18.1 Å². The summed E-state index contributed by atoms with van der Waals surface area (Å²) in [4.78, 5) is 31.1. The molecule has 174 valence electrons. The van der Waals surface area contributed by atoms with Crippen molar-refractivity contribution in [3.05, 3.63) is 65.7 Å². The van der Waals surface area contributed by atoms with Gasteiger partial charge in [-0.3, -0.25) is 9.59 Å². The minimum atomic E-state index is -0.472. The van der Waals surface area contributed by atoms with E-state index in [0.29, 0.717) is 24.6 Å². The van der Waals surface area contributed by atoms with E-state index >= 15 is 0 Å². The molecule has 1 amide bonds. The Labute approximate surface area is 199 Å². The highest BCUT2D eigenvalue weighted by Gasteiger charge is 2.30. The summed E-state index contributed by atoms with van der Waals surface area (Å²) in [7, 11) is 0. The lowest BCUT2D eigenvalue weighted by atomic mass is 10.1. The van der Waals surface area contributed by atoms with Crippen LogP contribution in [0.3, 0.4) is 0 Å². The molecule has 2 aromatic carbocycles. The molecule has 33 heavy (non-hydrogen) atoms. The monoisotopic (exact) mass is 468 g/mol. The van der Waals surface area contributed by atoms with E-state index in [2.05, 4.69) is 17.9 Å². The van der Waals surface area contributed by atoms with Gasteiger partial charge in [0.1, 0.15) is 23.2 Å². The van der Waals surface area contributed by atoms with E-state index in [9.17, 15) is 14.0 Å². The van der Waals surface area contributed by atoms with Gasteiger partial charge in [-0.15, -0.1) is 0 Å². The van der Waals surface area contributed by atoms with Gasteiger partial charge in [0.2, 0.25) is 5.78 Å². The molecule has 3 aromatic rings. The van der Waals surface area contributed by atoms with Crippen molar-refractivity contribution in [3.8, 4) is 11.3 Å². The second kappa shape index (κ2) is 10.7. The summed E-state index contributed by atoms with van der Waals surface area (Å²) in [6, 6.07) is 14.2. The van der Waals surface area contributed by atoms with Crippen molar-refractivity contribution in [2.45, 2.75) is 33.9 Å². The van der Waals surface area contributed by atoms with Crippen LogP contribution in [0.25, 0.3) is 11.3 Å². The first-order chi connectivity index (χ1) is 15.8. The zero-order chi connectivity index (χ0) is 24.1. The standard InChI is InChI=1S/C24H25FN4O2.CH4S/c1-15(2)22(30)24(31)28-12-13-29-20(14-28)27-21(17-6-8-18(25)9-7-17)23(29)26-19-10-4-16(3)5-11-19;1-2/h4-11,15,26H,12-14H2,1-3H3;2H,1H3. The van der Waals surface area contributed by atoms with E-state index in [1.165, 1.54) is 12.1 Å². The number of amides is 1. The number of carbonyl (C=O) groups is 2. The number of aryl methyl sites for hydroxylation is 1. The van der Waals surface area contributed by atoms with E-state index in [1.54, 1.807) is 37.1 Å². The quantitative estimate of drug-likeness (QED) is 0.415. The van der Waals surface area contributed by atoms with Gasteiger partial charge in [-0.05, 0) is 49.6 Å². The molecular formula is C25H29FN4O2S. The van der Waals surface area contributed by atoms with Crippen molar-refractivity contribution in [2.24, 2.45) is 5.92 Å². The van der Waals surface area contributed by atoms with Gasteiger partial charge in [-0.25, -0.2) is 9.37 Å². The number of Topliss-reactive ketones (excluding diaryl/α,β-unsaturated/α-hetero) is 1.